The molecule has 0 aliphatic carbocycles. The lowest BCUT2D eigenvalue weighted by Gasteiger charge is -2.15. The first-order valence-corrected chi connectivity index (χ1v) is 8.38. The molecule has 0 aromatic heterocycles. The van der Waals surface area contributed by atoms with E-state index < -0.39 is 9.84 Å². The Kier molecular flexibility index (Phi) is 5.98. The minimum atomic E-state index is -3.03. The predicted octanol–water partition coefficient (Wildman–Crippen LogP) is 0.312. The fourth-order valence-corrected chi connectivity index (χ4v) is 2.96. The molecule has 118 valence electrons. The van der Waals surface area contributed by atoms with Crippen LogP contribution in [0.4, 0.5) is 0 Å². The Bertz CT molecular complexity index is 614. The molecule has 0 radical (unpaired) electrons. The third-order valence-corrected chi connectivity index (χ3v) is 3.98. The van der Waals surface area contributed by atoms with Gasteiger partial charge in [-0.25, -0.2) is 8.42 Å². The second-order valence-electron chi connectivity index (χ2n) is 4.89. The van der Waals surface area contributed by atoms with Gasteiger partial charge < -0.3 is 21.0 Å². The zero-order valence-electron chi connectivity index (χ0n) is 12.3. The Balaban J connectivity index is 2.86. The van der Waals surface area contributed by atoms with Crippen molar-refractivity contribution < 1.29 is 18.4 Å². The van der Waals surface area contributed by atoms with E-state index in [1.54, 1.807) is 32.2 Å². The number of amidine groups is 1. The summed E-state index contributed by atoms with van der Waals surface area (Å²) < 4.78 is 27.7. The molecule has 1 atom stereocenters. The smallest absolute Gasteiger partial charge is 0.170 e. The zero-order valence-corrected chi connectivity index (χ0v) is 13.1. The number of sulfone groups is 1. The van der Waals surface area contributed by atoms with Crippen LogP contribution >= 0.6 is 0 Å². The second kappa shape index (κ2) is 7.28. The van der Waals surface area contributed by atoms with Crippen molar-refractivity contribution in [2.75, 3.05) is 19.1 Å². The Morgan fingerprint density at radius 1 is 1.52 bits per heavy atom. The number of rotatable bonds is 7. The molecule has 0 aliphatic heterocycles. The van der Waals surface area contributed by atoms with Gasteiger partial charge in [-0.1, -0.05) is 5.16 Å². The molecule has 7 nitrogen and oxygen atoms in total. The van der Waals surface area contributed by atoms with Crippen molar-refractivity contribution in [3.63, 3.8) is 0 Å². The van der Waals surface area contributed by atoms with Crippen LogP contribution in [0.3, 0.4) is 0 Å². The summed E-state index contributed by atoms with van der Waals surface area (Å²) in [7, 11) is -1.49. The minimum Gasteiger partial charge on any atom is -0.496 e. The largest absolute Gasteiger partial charge is 0.496 e. The van der Waals surface area contributed by atoms with Crippen molar-refractivity contribution in [1.82, 2.24) is 5.32 Å². The highest BCUT2D eigenvalue weighted by Crippen LogP contribution is 2.20. The molecule has 1 unspecified atom stereocenters. The van der Waals surface area contributed by atoms with E-state index in [0.717, 1.165) is 5.56 Å². The van der Waals surface area contributed by atoms with Gasteiger partial charge in [-0.2, -0.15) is 0 Å². The summed E-state index contributed by atoms with van der Waals surface area (Å²) in [4.78, 5) is 0. The number of ether oxygens (including phenoxy) is 1. The number of nitrogens with one attached hydrogen (secondary N) is 1. The summed E-state index contributed by atoms with van der Waals surface area (Å²) in [5.74, 6) is 0.696. The molecule has 21 heavy (non-hydrogen) atoms. The van der Waals surface area contributed by atoms with Crippen molar-refractivity contribution in [3.8, 4) is 5.75 Å². The van der Waals surface area contributed by atoms with Crippen LogP contribution in [0.2, 0.25) is 0 Å². The van der Waals surface area contributed by atoms with Gasteiger partial charge in [0.25, 0.3) is 0 Å². The number of hydrogen-bond donors (Lipinski definition) is 3. The van der Waals surface area contributed by atoms with Crippen LogP contribution in [0.25, 0.3) is 0 Å². The van der Waals surface area contributed by atoms with Crippen molar-refractivity contribution in [1.29, 1.82) is 0 Å². The maximum absolute atomic E-state index is 11.2. The Labute approximate surface area is 124 Å². The average molecular weight is 315 g/mol. The maximum atomic E-state index is 11.2. The van der Waals surface area contributed by atoms with Gasteiger partial charge in [0.05, 0.1) is 12.9 Å². The molecule has 0 fully saturated rings. The van der Waals surface area contributed by atoms with Gasteiger partial charge in [-0.3, -0.25) is 0 Å². The van der Waals surface area contributed by atoms with E-state index in [0.29, 0.717) is 17.9 Å². The molecule has 0 spiro atoms. The summed E-state index contributed by atoms with van der Waals surface area (Å²) in [6.07, 6.45) is 1.20. The third-order valence-electron chi connectivity index (χ3n) is 2.88. The monoisotopic (exact) mass is 315 g/mol. The predicted molar refractivity (Wildman–Crippen MR) is 81.5 cm³/mol. The molecule has 8 heteroatoms. The Morgan fingerprint density at radius 3 is 2.71 bits per heavy atom. The Hall–Kier alpha value is -1.80. The van der Waals surface area contributed by atoms with Crippen LogP contribution in [-0.2, 0) is 16.4 Å². The molecular weight excluding hydrogens is 294 g/mol. The summed E-state index contributed by atoms with van der Waals surface area (Å²) >= 11 is 0. The van der Waals surface area contributed by atoms with Gasteiger partial charge in [-0.15, -0.1) is 0 Å². The molecule has 1 aromatic rings. The molecule has 0 bridgehead atoms. The van der Waals surface area contributed by atoms with E-state index in [2.05, 4.69) is 10.5 Å². The third kappa shape index (κ3) is 5.60. The second-order valence-corrected chi connectivity index (χ2v) is 7.07. The summed E-state index contributed by atoms with van der Waals surface area (Å²) in [6, 6.07) is 4.92. The average Bonchev–Trinajstić information content (AvgIpc) is 2.42. The van der Waals surface area contributed by atoms with Crippen molar-refractivity contribution in [3.05, 3.63) is 29.3 Å². The van der Waals surface area contributed by atoms with Crippen molar-refractivity contribution in [2.24, 2.45) is 10.9 Å². The number of benzene rings is 1. The zero-order chi connectivity index (χ0) is 16.0. The van der Waals surface area contributed by atoms with Crippen molar-refractivity contribution >= 4 is 15.7 Å². The number of nitrogens with zero attached hydrogens (tertiary/aromatic N) is 1. The highest BCUT2D eigenvalue weighted by molar-refractivity contribution is 7.90. The van der Waals surface area contributed by atoms with Gasteiger partial charge in [0, 0.05) is 30.0 Å². The van der Waals surface area contributed by atoms with Crippen LogP contribution in [-0.4, -0.2) is 44.6 Å². The number of oxime groups is 1. The maximum Gasteiger partial charge on any atom is 0.170 e. The SMILES string of the molecule is COc1ccc(/C(N)=N/O)cc1CNC(C)CS(C)(=O)=O. The highest BCUT2D eigenvalue weighted by Gasteiger charge is 2.12. The van der Waals surface area contributed by atoms with E-state index in [1.165, 1.54) is 6.26 Å². The molecular formula is C13H21N3O4S. The lowest BCUT2D eigenvalue weighted by atomic mass is 10.1. The molecule has 0 aliphatic rings. The summed E-state index contributed by atoms with van der Waals surface area (Å²) in [5, 5.41) is 14.8. The van der Waals surface area contributed by atoms with Gasteiger partial charge in [0.1, 0.15) is 15.6 Å². The van der Waals surface area contributed by atoms with Gasteiger partial charge in [-0.05, 0) is 25.1 Å². The van der Waals surface area contributed by atoms with E-state index in [4.69, 9.17) is 15.7 Å². The number of hydrogen-bond acceptors (Lipinski definition) is 6. The quantitative estimate of drug-likeness (QED) is 0.289. The van der Waals surface area contributed by atoms with Crippen LogP contribution in [0.5, 0.6) is 5.75 Å². The summed E-state index contributed by atoms with van der Waals surface area (Å²) in [5.41, 5.74) is 6.91. The number of methoxy groups -OCH3 is 1. The lowest BCUT2D eigenvalue weighted by Crippen LogP contribution is -2.32. The molecule has 0 saturated carbocycles. The molecule has 1 rings (SSSR count). The fourth-order valence-electron chi connectivity index (χ4n) is 1.93. The van der Waals surface area contributed by atoms with Crippen LogP contribution < -0.4 is 15.8 Å². The minimum absolute atomic E-state index is 0.00286. The topological polar surface area (TPSA) is 114 Å². The van der Waals surface area contributed by atoms with Gasteiger partial charge >= 0.3 is 0 Å². The van der Waals surface area contributed by atoms with Crippen molar-refractivity contribution in [2.45, 2.75) is 19.5 Å². The molecule has 4 N–H and O–H groups in total. The molecule has 0 saturated heterocycles. The van der Waals surface area contributed by atoms with E-state index in [1.807, 2.05) is 0 Å². The normalized spacial score (nSPS) is 14.0. The van der Waals surface area contributed by atoms with Crippen LogP contribution in [0.1, 0.15) is 18.1 Å². The first kappa shape index (κ1) is 17.3. The molecule has 0 heterocycles. The lowest BCUT2D eigenvalue weighted by molar-refractivity contribution is 0.318. The first-order valence-electron chi connectivity index (χ1n) is 6.32. The van der Waals surface area contributed by atoms with E-state index in [-0.39, 0.29) is 17.6 Å². The first-order chi connectivity index (χ1) is 9.76. The van der Waals surface area contributed by atoms with Crippen LogP contribution in [0, 0.1) is 0 Å². The van der Waals surface area contributed by atoms with E-state index in [9.17, 15) is 8.42 Å². The van der Waals surface area contributed by atoms with Crippen LogP contribution in [0.15, 0.2) is 23.4 Å². The van der Waals surface area contributed by atoms with Gasteiger partial charge in [0.15, 0.2) is 5.84 Å². The number of nitrogens with two attached hydrogens (primary N) is 1. The standard InChI is InChI=1S/C13H21N3O4S/c1-9(8-21(3,18)19)15-7-11-6-10(13(14)16-17)4-5-12(11)20-2/h4-6,9,15,17H,7-8H2,1-3H3,(H2,14,16). The Morgan fingerprint density at radius 2 is 2.19 bits per heavy atom. The molecule has 1 aromatic carbocycles. The molecule has 0 amide bonds. The highest BCUT2D eigenvalue weighted by atomic mass is 32.2. The van der Waals surface area contributed by atoms with E-state index >= 15 is 0 Å². The fraction of sp³-hybridized carbons (Fsp3) is 0.462. The van der Waals surface area contributed by atoms with Gasteiger partial charge in [0.2, 0.25) is 0 Å². The summed E-state index contributed by atoms with van der Waals surface area (Å²) in [6.45, 7) is 2.20.